The Morgan fingerprint density at radius 2 is 1.30 bits per heavy atom. The van der Waals surface area contributed by atoms with Crippen LogP contribution in [-0.4, -0.2) is 29.4 Å². The van der Waals surface area contributed by atoms with E-state index in [1.54, 1.807) is 21.3 Å². The van der Waals surface area contributed by atoms with Gasteiger partial charge in [0.05, 0.1) is 35.0 Å². The van der Waals surface area contributed by atoms with Crippen molar-refractivity contribution in [2.75, 3.05) is 21.3 Å². The van der Waals surface area contributed by atoms with Crippen LogP contribution in [0.1, 0.15) is 31.9 Å². The standard InChI is InChI=1S/C23H32O3Si/c1-7-27(8-2,9-3)22(17-18-13-15-19(24-4)16-14-18)23-20(25-5)11-10-12-21(23)26-6/h10-17H,7-9H2,1-6H3/b22-17+. The van der Waals surface area contributed by atoms with Crippen molar-refractivity contribution >= 4 is 19.3 Å². The van der Waals surface area contributed by atoms with Crippen LogP contribution >= 0.6 is 0 Å². The Hall–Kier alpha value is -2.20. The Labute approximate surface area is 165 Å². The topological polar surface area (TPSA) is 27.7 Å². The molecule has 0 aliphatic carbocycles. The van der Waals surface area contributed by atoms with Crippen molar-refractivity contribution in [3.63, 3.8) is 0 Å². The molecule has 0 saturated carbocycles. The van der Waals surface area contributed by atoms with Crippen LogP contribution in [0.3, 0.4) is 0 Å². The van der Waals surface area contributed by atoms with Crippen LogP contribution in [0.25, 0.3) is 11.3 Å². The normalized spacial score (nSPS) is 12.0. The molecular weight excluding hydrogens is 352 g/mol. The molecule has 3 nitrogen and oxygen atoms in total. The molecule has 0 radical (unpaired) electrons. The van der Waals surface area contributed by atoms with Crippen molar-refractivity contribution in [1.29, 1.82) is 0 Å². The molecule has 0 N–H and O–H groups in total. The van der Waals surface area contributed by atoms with Gasteiger partial charge in [-0.05, 0) is 35.0 Å². The second-order valence-electron chi connectivity index (χ2n) is 6.71. The Morgan fingerprint density at radius 3 is 1.70 bits per heavy atom. The fourth-order valence-electron chi connectivity index (χ4n) is 3.80. The van der Waals surface area contributed by atoms with E-state index in [0.717, 1.165) is 22.8 Å². The Kier molecular flexibility index (Phi) is 7.54. The van der Waals surface area contributed by atoms with Gasteiger partial charge in [-0.25, -0.2) is 0 Å². The number of benzene rings is 2. The van der Waals surface area contributed by atoms with E-state index < -0.39 is 8.07 Å². The van der Waals surface area contributed by atoms with Gasteiger partial charge in [0.1, 0.15) is 17.2 Å². The van der Waals surface area contributed by atoms with Gasteiger partial charge in [-0.2, -0.15) is 0 Å². The number of hydrogen-bond donors (Lipinski definition) is 0. The average molecular weight is 385 g/mol. The summed E-state index contributed by atoms with van der Waals surface area (Å²) in [5, 5.41) is 1.40. The predicted octanol–water partition coefficient (Wildman–Crippen LogP) is 6.30. The minimum atomic E-state index is -1.72. The van der Waals surface area contributed by atoms with E-state index in [9.17, 15) is 0 Å². The molecule has 0 bridgehead atoms. The third kappa shape index (κ3) is 4.38. The van der Waals surface area contributed by atoms with Crippen molar-refractivity contribution in [2.45, 2.75) is 38.9 Å². The highest BCUT2D eigenvalue weighted by Gasteiger charge is 2.35. The zero-order valence-corrected chi connectivity index (χ0v) is 18.5. The van der Waals surface area contributed by atoms with Crippen LogP contribution in [-0.2, 0) is 0 Å². The third-order valence-electron chi connectivity index (χ3n) is 5.73. The number of methoxy groups -OCH3 is 3. The lowest BCUT2D eigenvalue weighted by Gasteiger charge is -2.33. The zero-order chi connectivity index (χ0) is 19.9. The summed E-state index contributed by atoms with van der Waals surface area (Å²) in [6.45, 7) is 6.97. The molecule has 0 fully saturated rings. The lowest BCUT2D eigenvalue weighted by molar-refractivity contribution is 0.392. The SMILES string of the molecule is CC[Si](CC)(CC)/C(=C/c1ccc(OC)cc1)c1c(OC)cccc1OC. The molecule has 0 heterocycles. The molecule has 0 saturated heterocycles. The van der Waals surface area contributed by atoms with E-state index in [1.165, 1.54) is 28.9 Å². The lowest BCUT2D eigenvalue weighted by Crippen LogP contribution is -2.34. The van der Waals surface area contributed by atoms with E-state index in [2.05, 4.69) is 39.0 Å². The maximum absolute atomic E-state index is 5.75. The van der Waals surface area contributed by atoms with Crippen molar-refractivity contribution < 1.29 is 14.2 Å². The van der Waals surface area contributed by atoms with Crippen molar-refractivity contribution in [3.8, 4) is 17.2 Å². The quantitative estimate of drug-likeness (QED) is 0.375. The van der Waals surface area contributed by atoms with Crippen LogP contribution in [0.5, 0.6) is 17.2 Å². The second kappa shape index (κ2) is 9.65. The highest BCUT2D eigenvalue weighted by atomic mass is 28.3. The van der Waals surface area contributed by atoms with Crippen molar-refractivity contribution in [3.05, 3.63) is 53.6 Å². The van der Waals surface area contributed by atoms with E-state index in [4.69, 9.17) is 14.2 Å². The smallest absolute Gasteiger partial charge is 0.129 e. The van der Waals surface area contributed by atoms with Crippen LogP contribution in [0.15, 0.2) is 42.5 Å². The van der Waals surface area contributed by atoms with Gasteiger partial charge in [-0.1, -0.05) is 63.2 Å². The van der Waals surface area contributed by atoms with Crippen LogP contribution < -0.4 is 14.2 Å². The van der Waals surface area contributed by atoms with Gasteiger partial charge in [-0.15, -0.1) is 0 Å². The zero-order valence-electron chi connectivity index (χ0n) is 17.5. The number of rotatable bonds is 9. The van der Waals surface area contributed by atoms with Crippen LogP contribution in [0.2, 0.25) is 18.1 Å². The highest BCUT2D eigenvalue weighted by molar-refractivity contribution is 6.97. The number of hydrogen-bond acceptors (Lipinski definition) is 3. The first-order chi connectivity index (χ1) is 13.1. The Morgan fingerprint density at radius 1 is 0.778 bits per heavy atom. The summed E-state index contributed by atoms with van der Waals surface area (Å²) >= 11 is 0. The molecule has 2 aromatic carbocycles. The Balaban J connectivity index is 2.76. The monoisotopic (exact) mass is 384 g/mol. The maximum Gasteiger partial charge on any atom is 0.129 e. The van der Waals surface area contributed by atoms with Gasteiger partial charge in [0.25, 0.3) is 0 Å². The molecule has 0 aliphatic heterocycles. The Bertz CT molecular complexity index is 731. The van der Waals surface area contributed by atoms with E-state index in [1.807, 2.05) is 30.3 Å². The largest absolute Gasteiger partial charge is 0.497 e. The first-order valence-electron chi connectivity index (χ1n) is 9.66. The maximum atomic E-state index is 5.75. The highest BCUT2D eigenvalue weighted by Crippen LogP contribution is 2.44. The van der Waals surface area contributed by atoms with Gasteiger partial charge in [0.15, 0.2) is 0 Å². The minimum Gasteiger partial charge on any atom is -0.497 e. The van der Waals surface area contributed by atoms with Gasteiger partial charge in [0, 0.05) is 0 Å². The van der Waals surface area contributed by atoms with Gasteiger partial charge in [-0.3, -0.25) is 0 Å². The molecule has 0 atom stereocenters. The molecule has 0 aromatic heterocycles. The summed E-state index contributed by atoms with van der Waals surface area (Å²) in [6.07, 6.45) is 2.34. The van der Waals surface area contributed by atoms with Crippen molar-refractivity contribution in [1.82, 2.24) is 0 Å². The van der Waals surface area contributed by atoms with Gasteiger partial charge >= 0.3 is 0 Å². The molecule has 4 heteroatoms. The molecule has 0 spiro atoms. The fraction of sp³-hybridized carbons (Fsp3) is 0.391. The molecule has 27 heavy (non-hydrogen) atoms. The summed E-state index contributed by atoms with van der Waals surface area (Å²) in [5.74, 6) is 2.62. The molecule has 146 valence electrons. The summed E-state index contributed by atoms with van der Waals surface area (Å²) in [5.41, 5.74) is 2.28. The van der Waals surface area contributed by atoms with Gasteiger partial charge in [0.2, 0.25) is 0 Å². The first-order valence-corrected chi connectivity index (χ1v) is 12.3. The molecule has 2 aromatic rings. The average Bonchev–Trinajstić information content (AvgIpc) is 2.74. The molecular formula is C23H32O3Si. The number of ether oxygens (including phenoxy) is 3. The lowest BCUT2D eigenvalue weighted by atomic mass is 10.1. The molecule has 0 amide bonds. The summed E-state index contributed by atoms with van der Waals surface area (Å²) in [6, 6.07) is 17.8. The summed E-state index contributed by atoms with van der Waals surface area (Å²) < 4.78 is 16.8. The fourth-order valence-corrected chi connectivity index (χ4v) is 7.69. The summed E-state index contributed by atoms with van der Waals surface area (Å²) in [7, 11) is 3.44. The molecule has 0 unspecified atom stereocenters. The van der Waals surface area contributed by atoms with Crippen molar-refractivity contribution in [2.24, 2.45) is 0 Å². The minimum absolute atomic E-state index is 0.869. The van der Waals surface area contributed by atoms with Gasteiger partial charge < -0.3 is 14.2 Å². The van der Waals surface area contributed by atoms with E-state index in [-0.39, 0.29) is 0 Å². The third-order valence-corrected chi connectivity index (χ3v) is 11.3. The second-order valence-corrected chi connectivity index (χ2v) is 11.9. The first kappa shape index (κ1) is 21.1. The molecule has 0 aliphatic rings. The molecule has 2 rings (SSSR count). The van der Waals surface area contributed by atoms with E-state index >= 15 is 0 Å². The van der Waals surface area contributed by atoms with Crippen LogP contribution in [0.4, 0.5) is 0 Å². The van der Waals surface area contributed by atoms with Crippen LogP contribution in [0, 0.1) is 0 Å². The van der Waals surface area contributed by atoms with E-state index in [0.29, 0.717) is 0 Å². The predicted molar refractivity (Wildman–Crippen MR) is 118 cm³/mol. The summed E-state index contributed by atoms with van der Waals surface area (Å²) in [4.78, 5) is 0.